The van der Waals surface area contributed by atoms with Crippen LogP contribution in [-0.4, -0.2) is 39.0 Å². The van der Waals surface area contributed by atoms with E-state index in [0.29, 0.717) is 30.0 Å². The Labute approximate surface area is 144 Å². The zero-order valence-corrected chi connectivity index (χ0v) is 13.7. The lowest BCUT2D eigenvalue weighted by atomic mass is 9.99. The van der Waals surface area contributed by atoms with Gasteiger partial charge in [-0.15, -0.1) is 0 Å². The maximum atomic E-state index is 11.9. The maximum absolute atomic E-state index is 11.9. The van der Waals surface area contributed by atoms with Crippen LogP contribution in [0.4, 0.5) is 10.6 Å². The van der Waals surface area contributed by atoms with E-state index in [1.165, 1.54) is 6.20 Å². The number of aromatic amines is 1. The first-order valence-corrected chi connectivity index (χ1v) is 8.31. The molecule has 1 aliphatic rings. The number of nitrogens with one attached hydrogen (secondary N) is 3. The summed E-state index contributed by atoms with van der Waals surface area (Å²) in [5.74, 6) is 1.66. The smallest absolute Gasteiger partial charge is 0.404 e. The fourth-order valence-electron chi connectivity index (χ4n) is 3.29. The molecule has 0 unspecified atom stereocenters. The molecule has 0 aromatic carbocycles. The SMILES string of the molecule is O=C(O)NCC[C@@H]1CC[C@H](c2cc(NC(=O)Cc3ccno3)n[nH]2)C1. The maximum Gasteiger partial charge on any atom is 0.404 e. The van der Waals surface area contributed by atoms with E-state index in [4.69, 9.17) is 9.63 Å². The van der Waals surface area contributed by atoms with Crippen molar-refractivity contribution in [2.24, 2.45) is 5.92 Å². The number of hydrogen-bond donors (Lipinski definition) is 4. The number of carbonyl (C=O) groups is 2. The molecular weight excluding hydrogens is 326 g/mol. The molecular formula is C16H21N5O4. The van der Waals surface area contributed by atoms with Crippen molar-refractivity contribution in [3.8, 4) is 0 Å². The molecule has 2 aromatic rings. The van der Waals surface area contributed by atoms with Gasteiger partial charge in [-0.1, -0.05) is 5.16 Å². The molecule has 4 N–H and O–H groups in total. The summed E-state index contributed by atoms with van der Waals surface area (Å²) in [5.41, 5.74) is 1.00. The highest BCUT2D eigenvalue weighted by molar-refractivity contribution is 5.91. The van der Waals surface area contributed by atoms with Crippen molar-refractivity contribution in [2.45, 2.75) is 38.0 Å². The summed E-state index contributed by atoms with van der Waals surface area (Å²) in [6.45, 7) is 0.485. The Balaban J connectivity index is 1.46. The van der Waals surface area contributed by atoms with Gasteiger partial charge < -0.3 is 20.3 Å². The normalized spacial score (nSPS) is 19.7. The van der Waals surface area contributed by atoms with Gasteiger partial charge in [0.1, 0.15) is 5.76 Å². The Morgan fingerprint density at radius 1 is 1.40 bits per heavy atom. The molecule has 1 fully saturated rings. The van der Waals surface area contributed by atoms with Gasteiger partial charge in [0.05, 0.1) is 12.6 Å². The monoisotopic (exact) mass is 347 g/mol. The molecule has 2 heterocycles. The summed E-state index contributed by atoms with van der Waals surface area (Å²) in [6.07, 6.45) is 4.58. The third-order valence-corrected chi connectivity index (χ3v) is 4.50. The summed E-state index contributed by atoms with van der Waals surface area (Å²) in [4.78, 5) is 22.4. The Morgan fingerprint density at radius 3 is 3.04 bits per heavy atom. The van der Waals surface area contributed by atoms with Crippen molar-refractivity contribution in [1.82, 2.24) is 20.7 Å². The van der Waals surface area contributed by atoms with Crippen LogP contribution in [0.2, 0.25) is 0 Å². The van der Waals surface area contributed by atoms with Crippen molar-refractivity contribution in [3.05, 3.63) is 29.8 Å². The molecule has 3 rings (SSSR count). The third-order valence-electron chi connectivity index (χ3n) is 4.50. The minimum atomic E-state index is -0.978. The predicted molar refractivity (Wildman–Crippen MR) is 88.2 cm³/mol. The van der Waals surface area contributed by atoms with E-state index in [0.717, 1.165) is 31.4 Å². The van der Waals surface area contributed by atoms with E-state index >= 15 is 0 Å². The number of H-pyrrole nitrogens is 1. The minimum absolute atomic E-state index is 0.115. The lowest BCUT2D eigenvalue weighted by Gasteiger charge is -2.09. The zero-order valence-electron chi connectivity index (χ0n) is 13.7. The van der Waals surface area contributed by atoms with Gasteiger partial charge in [-0.2, -0.15) is 5.10 Å². The van der Waals surface area contributed by atoms with Gasteiger partial charge in [0.25, 0.3) is 0 Å². The second kappa shape index (κ2) is 7.82. The Bertz CT molecular complexity index is 712. The third kappa shape index (κ3) is 4.82. The molecule has 1 saturated carbocycles. The van der Waals surface area contributed by atoms with Gasteiger partial charge in [0.15, 0.2) is 5.82 Å². The lowest BCUT2D eigenvalue weighted by Crippen LogP contribution is -2.23. The second-order valence-electron chi connectivity index (χ2n) is 6.31. The Morgan fingerprint density at radius 2 is 2.28 bits per heavy atom. The summed E-state index contributed by atoms with van der Waals surface area (Å²) < 4.78 is 4.91. The molecule has 0 radical (unpaired) electrons. The average Bonchev–Trinajstić information content (AvgIpc) is 3.28. The molecule has 0 saturated heterocycles. The van der Waals surface area contributed by atoms with Crippen LogP contribution >= 0.6 is 0 Å². The average molecular weight is 347 g/mol. The second-order valence-corrected chi connectivity index (χ2v) is 6.31. The van der Waals surface area contributed by atoms with Crippen LogP contribution in [-0.2, 0) is 11.2 Å². The summed E-state index contributed by atoms with van der Waals surface area (Å²) in [7, 11) is 0. The minimum Gasteiger partial charge on any atom is -0.465 e. The van der Waals surface area contributed by atoms with Crippen LogP contribution in [0.5, 0.6) is 0 Å². The standard InChI is InChI=1S/C16H21N5O4/c22-15(8-12-4-6-18-25-12)19-14-9-13(20-21-14)11-2-1-10(7-11)3-5-17-16(23)24/h4,6,9-11,17H,1-3,5,7-8H2,(H,23,24)(H2,19,20,21,22)/t10-,11-/m0/s1. The van der Waals surface area contributed by atoms with E-state index in [-0.39, 0.29) is 12.3 Å². The first kappa shape index (κ1) is 17.0. The molecule has 0 spiro atoms. The van der Waals surface area contributed by atoms with Gasteiger partial charge in [-0.05, 0) is 31.6 Å². The van der Waals surface area contributed by atoms with Gasteiger partial charge in [0, 0.05) is 30.3 Å². The van der Waals surface area contributed by atoms with Gasteiger partial charge in [-0.3, -0.25) is 9.89 Å². The number of carboxylic acid groups (broad SMARTS) is 1. The molecule has 25 heavy (non-hydrogen) atoms. The molecule has 9 nitrogen and oxygen atoms in total. The first-order chi connectivity index (χ1) is 12.1. The number of anilines is 1. The van der Waals surface area contributed by atoms with E-state index in [1.54, 1.807) is 6.07 Å². The van der Waals surface area contributed by atoms with Crippen LogP contribution in [0.3, 0.4) is 0 Å². The van der Waals surface area contributed by atoms with E-state index < -0.39 is 6.09 Å². The Hall–Kier alpha value is -2.84. The molecule has 1 aliphatic carbocycles. The number of amides is 2. The summed E-state index contributed by atoms with van der Waals surface area (Å²) >= 11 is 0. The molecule has 134 valence electrons. The van der Waals surface area contributed by atoms with Gasteiger partial charge in [0.2, 0.25) is 5.91 Å². The largest absolute Gasteiger partial charge is 0.465 e. The lowest BCUT2D eigenvalue weighted by molar-refractivity contribution is -0.115. The van der Waals surface area contributed by atoms with Crippen molar-refractivity contribution >= 4 is 17.8 Å². The van der Waals surface area contributed by atoms with Gasteiger partial charge in [-0.25, -0.2) is 4.79 Å². The molecule has 0 aliphatic heterocycles. The fourth-order valence-corrected chi connectivity index (χ4v) is 3.29. The van der Waals surface area contributed by atoms with Crippen molar-refractivity contribution < 1.29 is 19.2 Å². The number of nitrogens with zero attached hydrogens (tertiary/aromatic N) is 2. The number of aromatic nitrogens is 3. The highest BCUT2D eigenvalue weighted by Crippen LogP contribution is 2.39. The van der Waals surface area contributed by atoms with Crippen molar-refractivity contribution in [1.29, 1.82) is 0 Å². The molecule has 2 amide bonds. The zero-order chi connectivity index (χ0) is 17.6. The predicted octanol–water partition coefficient (Wildman–Crippen LogP) is 2.12. The number of carbonyl (C=O) groups excluding carboxylic acids is 1. The summed E-state index contributed by atoms with van der Waals surface area (Å²) in [6, 6.07) is 3.51. The van der Waals surface area contributed by atoms with E-state index in [9.17, 15) is 9.59 Å². The fraction of sp³-hybridized carbons (Fsp3) is 0.500. The van der Waals surface area contributed by atoms with Crippen molar-refractivity contribution in [3.63, 3.8) is 0 Å². The van der Waals surface area contributed by atoms with E-state index in [1.807, 2.05) is 6.07 Å². The van der Waals surface area contributed by atoms with Crippen LogP contribution in [0.1, 0.15) is 43.1 Å². The number of hydrogen-bond acceptors (Lipinski definition) is 5. The quantitative estimate of drug-likeness (QED) is 0.606. The van der Waals surface area contributed by atoms with Crippen LogP contribution in [0.15, 0.2) is 22.9 Å². The highest BCUT2D eigenvalue weighted by Gasteiger charge is 2.27. The highest BCUT2D eigenvalue weighted by atomic mass is 16.5. The van der Waals surface area contributed by atoms with Gasteiger partial charge >= 0.3 is 6.09 Å². The molecule has 9 heteroatoms. The summed E-state index contributed by atoms with van der Waals surface area (Å²) in [5, 5.41) is 24.5. The van der Waals surface area contributed by atoms with Crippen LogP contribution in [0.25, 0.3) is 0 Å². The topological polar surface area (TPSA) is 133 Å². The number of rotatable bonds is 7. The molecule has 2 atom stereocenters. The Kier molecular flexibility index (Phi) is 5.32. The first-order valence-electron chi connectivity index (χ1n) is 8.31. The van der Waals surface area contributed by atoms with Crippen LogP contribution in [0, 0.1) is 5.92 Å². The molecule has 2 aromatic heterocycles. The molecule has 0 bridgehead atoms. The van der Waals surface area contributed by atoms with Crippen LogP contribution < -0.4 is 10.6 Å². The van der Waals surface area contributed by atoms with E-state index in [2.05, 4.69) is 26.0 Å². The van der Waals surface area contributed by atoms with Crippen molar-refractivity contribution in [2.75, 3.05) is 11.9 Å².